The second-order valence-electron chi connectivity index (χ2n) is 22.7. The van der Waals surface area contributed by atoms with Crippen molar-refractivity contribution in [3.8, 4) is 5.69 Å². The largest absolute Gasteiger partial charge is 0.457 e. The van der Waals surface area contributed by atoms with Gasteiger partial charge in [-0.15, -0.1) is 11.3 Å². The number of aromatic nitrogens is 1. The van der Waals surface area contributed by atoms with Gasteiger partial charge in [0, 0.05) is 76.0 Å². The van der Waals surface area contributed by atoms with Crippen molar-refractivity contribution in [2.45, 2.75) is 85.5 Å². The Bertz CT molecular complexity index is 3910. The summed E-state index contributed by atoms with van der Waals surface area (Å²) in [6, 6.07) is 59.9. The molecule has 6 heteroatoms. The molecule has 0 unspecified atom stereocenters. The molecule has 0 aliphatic carbocycles. The molecular weight excluding hydrogens is 858 g/mol. The van der Waals surface area contributed by atoms with Crippen molar-refractivity contribution in [1.29, 1.82) is 0 Å². The van der Waals surface area contributed by atoms with Crippen LogP contribution in [-0.2, 0) is 16.2 Å². The molecule has 5 heterocycles. The first-order chi connectivity index (χ1) is 33.0. The smallest absolute Gasteiger partial charge is 0.278 e. The maximum Gasteiger partial charge on any atom is 0.278 e. The Kier molecular flexibility index (Phi) is 8.86. The van der Waals surface area contributed by atoms with E-state index in [0.717, 1.165) is 44.7 Å². The van der Waals surface area contributed by atoms with E-state index in [9.17, 15) is 0 Å². The number of thiophene rings is 1. The van der Waals surface area contributed by atoms with Gasteiger partial charge in [0.25, 0.3) is 6.71 Å². The van der Waals surface area contributed by atoms with Crippen molar-refractivity contribution < 1.29 is 4.42 Å². The van der Waals surface area contributed by atoms with Crippen LogP contribution in [0, 0.1) is 6.92 Å². The van der Waals surface area contributed by atoms with Crippen LogP contribution in [0.2, 0.25) is 0 Å². The van der Waals surface area contributed by atoms with E-state index < -0.39 is 0 Å². The number of aryl methyl sites for hydroxylation is 1. The molecule has 0 fully saturated rings. The molecule has 11 aromatic rings. The number of nitrogens with zero attached hydrogens (tertiary/aromatic N) is 3. The number of rotatable bonds is 3. The van der Waals surface area contributed by atoms with E-state index in [1.165, 1.54) is 86.9 Å². The first-order valence-corrected chi connectivity index (χ1v) is 25.4. The van der Waals surface area contributed by atoms with Crippen molar-refractivity contribution in [1.82, 2.24) is 4.57 Å². The van der Waals surface area contributed by atoms with Crippen molar-refractivity contribution in [3.63, 3.8) is 0 Å². The van der Waals surface area contributed by atoms with Crippen LogP contribution < -0.4 is 26.3 Å². The van der Waals surface area contributed by atoms with Gasteiger partial charge >= 0.3 is 0 Å². The van der Waals surface area contributed by atoms with E-state index in [2.05, 4.69) is 241 Å². The van der Waals surface area contributed by atoms with E-state index in [1.54, 1.807) is 0 Å². The predicted molar refractivity (Wildman–Crippen MR) is 298 cm³/mol. The number of hydrogen-bond donors (Lipinski definition) is 0. The lowest BCUT2D eigenvalue weighted by molar-refractivity contribution is 0.590. The third-order valence-corrected chi connectivity index (χ3v) is 16.3. The van der Waals surface area contributed by atoms with E-state index in [4.69, 9.17) is 4.42 Å². The van der Waals surface area contributed by atoms with E-state index in [1.807, 2.05) is 11.3 Å². The summed E-state index contributed by atoms with van der Waals surface area (Å²) >= 11 is 1.92. The van der Waals surface area contributed by atoms with Crippen molar-refractivity contribution in [2.24, 2.45) is 0 Å². The molecule has 0 radical (unpaired) electrons. The third-order valence-electron chi connectivity index (χ3n) is 15.1. The summed E-state index contributed by atoms with van der Waals surface area (Å²) in [4.78, 5) is 5.15. The average Bonchev–Trinajstić information content (AvgIpc) is 4.00. The zero-order valence-electron chi connectivity index (χ0n) is 41.2. The number of fused-ring (bicyclic) bond motifs is 14. The number of hydrogen-bond acceptors (Lipinski definition) is 4. The molecule has 2 aliphatic rings. The van der Waals surface area contributed by atoms with Gasteiger partial charge < -0.3 is 18.8 Å². The first kappa shape index (κ1) is 42.1. The lowest BCUT2D eigenvalue weighted by atomic mass is 9.34. The second-order valence-corrected chi connectivity index (χ2v) is 23.7. The molecule has 0 N–H and O–H groups in total. The highest BCUT2D eigenvalue weighted by Crippen LogP contribution is 2.52. The zero-order valence-corrected chi connectivity index (χ0v) is 42.1. The van der Waals surface area contributed by atoms with Crippen LogP contribution in [0.4, 0.5) is 34.1 Å². The number of para-hydroxylation sites is 1. The lowest BCUT2D eigenvalue weighted by Crippen LogP contribution is -2.63. The predicted octanol–water partition coefficient (Wildman–Crippen LogP) is 16.2. The summed E-state index contributed by atoms with van der Waals surface area (Å²) in [5, 5.41) is 6.13. The number of benzene rings is 8. The maximum atomic E-state index is 7.24. The molecule has 0 bridgehead atoms. The second kappa shape index (κ2) is 14.5. The molecule has 69 heavy (non-hydrogen) atoms. The van der Waals surface area contributed by atoms with Crippen LogP contribution in [0.3, 0.4) is 0 Å². The Morgan fingerprint density at radius 3 is 1.64 bits per heavy atom. The SMILES string of the molecule is Cc1cc2c3c(c1)N(c1ccc(C(C)(C)C)cc1)c1c(n(-c4ccc(C(C)(C)C)cc4)c4ccc5c6ccccc6sc5c14)B3c1c(ccc3c1oc1ccccc13)N2c1ccc(C(C)(C)C)cc1. The highest BCUT2D eigenvalue weighted by molar-refractivity contribution is 7.26. The fourth-order valence-corrected chi connectivity index (χ4v) is 12.8. The van der Waals surface area contributed by atoms with Gasteiger partial charge in [0.05, 0.1) is 11.2 Å². The van der Waals surface area contributed by atoms with Gasteiger partial charge in [-0.2, -0.15) is 0 Å². The lowest BCUT2D eigenvalue weighted by Gasteiger charge is -2.44. The molecule has 3 aromatic heterocycles. The fourth-order valence-electron chi connectivity index (χ4n) is 11.6. The van der Waals surface area contributed by atoms with Crippen LogP contribution in [0.5, 0.6) is 0 Å². The summed E-state index contributed by atoms with van der Waals surface area (Å²) in [5.41, 5.74) is 20.1. The molecule has 13 rings (SSSR count). The summed E-state index contributed by atoms with van der Waals surface area (Å²) in [7, 11) is 0. The van der Waals surface area contributed by atoms with E-state index in [-0.39, 0.29) is 23.0 Å². The molecular formula is C63H56BN3OS. The quantitative estimate of drug-likeness (QED) is 0.165. The highest BCUT2D eigenvalue weighted by atomic mass is 32.1. The summed E-state index contributed by atoms with van der Waals surface area (Å²) < 4.78 is 12.5. The van der Waals surface area contributed by atoms with Gasteiger partial charge in [-0.1, -0.05) is 141 Å². The highest BCUT2D eigenvalue weighted by Gasteiger charge is 2.49. The Balaban J connectivity index is 1.23. The van der Waals surface area contributed by atoms with Crippen LogP contribution in [0.15, 0.2) is 162 Å². The first-order valence-electron chi connectivity index (χ1n) is 24.5. The van der Waals surface area contributed by atoms with Crippen molar-refractivity contribution in [2.75, 3.05) is 9.80 Å². The molecule has 338 valence electrons. The average molecular weight is 914 g/mol. The Labute approximate surface area is 409 Å². The van der Waals surface area contributed by atoms with Gasteiger partial charge in [-0.25, -0.2) is 0 Å². The normalized spacial score (nSPS) is 13.9. The summed E-state index contributed by atoms with van der Waals surface area (Å²) in [6.07, 6.45) is 0. The molecule has 0 amide bonds. The van der Waals surface area contributed by atoms with Gasteiger partial charge in [-0.05, 0) is 135 Å². The van der Waals surface area contributed by atoms with Crippen molar-refractivity contribution in [3.05, 3.63) is 180 Å². The standard InChI is InChI=1S/C63H56BN3OS/c1-37-35-50-55-51(36-37)66(42-27-21-39(22-28-42)62(5,6)7)57-54-48(33-32-47-45-16-12-14-18-53(45)69-59(47)54)67(43-29-23-40(24-30-43)63(8,9)10)60(57)64(55)56-49(65(50)41-25-19-38(20-26-41)61(2,3)4)34-31-46-44-15-11-13-17-52(44)68-58(46)56/h11-36H,1-10H3. The number of anilines is 6. The molecule has 0 saturated carbocycles. The Morgan fingerprint density at radius 1 is 0.478 bits per heavy atom. The molecule has 0 spiro atoms. The maximum absolute atomic E-state index is 7.24. The minimum atomic E-state index is -0.209. The van der Waals surface area contributed by atoms with Gasteiger partial charge in [0.1, 0.15) is 11.2 Å². The summed E-state index contributed by atoms with van der Waals surface area (Å²) in [6.45, 7) is 22.8. The fraction of sp³-hybridized carbons (Fsp3) is 0.206. The summed E-state index contributed by atoms with van der Waals surface area (Å²) in [5.74, 6) is 0. The molecule has 0 saturated heterocycles. The Morgan fingerprint density at radius 2 is 1.01 bits per heavy atom. The van der Waals surface area contributed by atoms with Gasteiger partial charge in [0.2, 0.25) is 0 Å². The zero-order chi connectivity index (χ0) is 47.5. The minimum Gasteiger partial charge on any atom is -0.457 e. The van der Waals surface area contributed by atoms with Gasteiger partial charge in [0.15, 0.2) is 0 Å². The van der Waals surface area contributed by atoms with Gasteiger partial charge in [-0.3, -0.25) is 0 Å². The Hall–Kier alpha value is -7.02. The monoisotopic (exact) mass is 913 g/mol. The van der Waals surface area contributed by atoms with E-state index in [0.29, 0.717) is 0 Å². The van der Waals surface area contributed by atoms with Crippen molar-refractivity contribution >= 4 is 122 Å². The number of furan rings is 1. The van der Waals surface area contributed by atoms with E-state index >= 15 is 0 Å². The minimum absolute atomic E-state index is 0.00235. The third kappa shape index (κ3) is 6.20. The molecule has 0 atom stereocenters. The van der Waals surface area contributed by atoms with Crippen LogP contribution in [-0.4, -0.2) is 11.3 Å². The topological polar surface area (TPSA) is 24.6 Å². The van der Waals surface area contributed by atoms with Crippen LogP contribution in [0.1, 0.15) is 84.6 Å². The van der Waals surface area contributed by atoms with Crippen LogP contribution in [0.25, 0.3) is 58.7 Å². The molecule has 2 aliphatic heterocycles. The molecule has 4 nitrogen and oxygen atoms in total. The van der Waals surface area contributed by atoms with Crippen LogP contribution >= 0.6 is 11.3 Å². The molecule has 8 aromatic carbocycles.